The fourth-order valence-electron chi connectivity index (χ4n) is 2.57. The van der Waals surface area contributed by atoms with Gasteiger partial charge in [-0.2, -0.15) is 0 Å². The van der Waals surface area contributed by atoms with Crippen LogP contribution in [0.15, 0.2) is 18.2 Å². The molecule has 0 radical (unpaired) electrons. The molecule has 1 aliphatic heterocycles. The van der Waals surface area contributed by atoms with Crippen LogP contribution in [0.5, 0.6) is 0 Å². The molecular weight excluding hydrogens is 318 g/mol. The Kier molecular flexibility index (Phi) is 5.25. The van der Waals surface area contributed by atoms with Crippen LogP contribution in [0.2, 0.25) is 0 Å². The minimum Gasteiger partial charge on any atom is -0.351 e. The molecule has 1 heterocycles. The lowest BCUT2D eigenvalue weighted by Crippen LogP contribution is -2.43. The van der Waals surface area contributed by atoms with Crippen LogP contribution < -0.4 is 16.0 Å². The van der Waals surface area contributed by atoms with Crippen molar-refractivity contribution < 1.29 is 18.0 Å². The van der Waals surface area contributed by atoms with Crippen molar-refractivity contribution in [2.45, 2.75) is 26.3 Å². The standard InChI is InChI=1S/C15H21N3O4S/c1-10-5-11(2)7-13(6-10)18-15(20)16-8-14(19)17-12-3-4-23(21,22)9-12/h5-7,12H,3-4,8-9H2,1-2H3,(H,17,19)(H2,16,18,20)/t12-/m1/s1. The quantitative estimate of drug-likeness (QED) is 0.752. The number of aryl methyl sites for hydroxylation is 2. The molecule has 2 rings (SSSR count). The highest BCUT2D eigenvalue weighted by molar-refractivity contribution is 7.91. The molecule has 0 unspecified atom stereocenters. The Morgan fingerprint density at radius 3 is 2.39 bits per heavy atom. The average Bonchev–Trinajstić information content (AvgIpc) is 2.74. The first kappa shape index (κ1) is 17.3. The molecule has 1 atom stereocenters. The fourth-order valence-corrected chi connectivity index (χ4v) is 4.24. The fraction of sp³-hybridized carbons (Fsp3) is 0.467. The maximum absolute atomic E-state index is 11.8. The van der Waals surface area contributed by atoms with Crippen molar-refractivity contribution in [3.05, 3.63) is 29.3 Å². The first-order valence-corrected chi connectivity index (χ1v) is 9.18. The van der Waals surface area contributed by atoms with Crippen molar-refractivity contribution in [1.82, 2.24) is 10.6 Å². The van der Waals surface area contributed by atoms with Gasteiger partial charge in [-0.05, 0) is 43.5 Å². The largest absolute Gasteiger partial charge is 0.351 e. The number of hydrogen-bond acceptors (Lipinski definition) is 4. The second kappa shape index (κ2) is 6.99. The van der Waals surface area contributed by atoms with Crippen molar-refractivity contribution in [2.24, 2.45) is 0 Å². The molecule has 3 amide bonds. The maximum atomic E-state index is 11.8. The molecule has 3 N–H and O–H groups in total. The minimum atomic E-state index is -3.04. The first-order chi connectivity index (χ1) is 10.7. The van der Waals surface area contributed by atoms with Crippen LogP contribution in [0.25, 0.3) is 0 Å². The number of rotatable bonds is 4. The molecule has 0 saturated carbocycles. The minimum absolute atomic E-state index is 0.0342. The van der Waals surface area contributed by atoms with E-state index in [1.807, 2.05) is 32.0 Å². The van der Waals surface area contributed by atoms with E-state index in [0.717, 1.165) is 11.1 Å². The summed E-state index contributed by atoms with van der Waals surface area (Å²) in [6, 6.07) is 4.80. The van der Waals surface area contributed by atoms with E-state index in [0.29, 0.717) is 12.1 Å². The predicted molar refractivity (Wildman–Crippen MR) is 88.1 cm³/mol. The van der Waals surface area contributed by atoms with Gasteiger partial charge in [0, 0.05) is 11.7 Å². The van der Waals surface area contributed by atoms with E-state index in [9.17, 15) is 18.0 Å². The number of amides is 3. The highest BCUT2D eigenvalue weighted by atomic mass is 32.2. The number of carbonyl (C=O) groups excluding carboxylic acids is 2. The van der Waals surface area contributed by atoms with Crippen molar-refractivity contribution >= 4 is 27.5 Å². The van der Waals surface area contributed by atoms with E-state index in [1.165, 1.54) is 0 Å². The lowest BCUT2D eigenvalue weighted by atomic mass is 10.1. The number of sulfone groups is 1. The number of nitrogens with one attached hydrogen (secondary N) is 3. The summed E-state index contributed by atoms with van der Waals surface area (Å²) in [6.07, 6.45) is 0.419. The molecule has 23 heavy (non-hydrogen) atoms. The Labute approximate surface area is 135 Å². The number of urea groups is 1. The van der Waals surface area contributed by atoms with Crippen LogP contribution in [0.1, 0.15) is 17.5 Å². The first-order valence-electron chi connectivity index (χ1n) is 7.36. The van der Waals surface area contributed by atoms with E-state index < -0.39 is 21.8 Å². The third-order valence-electron chi connectivity index (χ3n) is 3.49. The van der Waals surface area contributed by atoms with Gasteiger partial charge in [-0.15, -0.1) is 0 Å². The van der Waals surface area contributed by atoms with E-state index in [2.05, 4.69) is 16.0 Å². The second-order valence-electron chi connectivity index (χ2n) is 5.85. The van der Waals surface area contributed by atoms with Crippen LogP contribution >= 0.6 is 0 Å². The molecule has 7 nitrogen and oxygen atoms in total. The van der Waals surface area contributed by atoms with Crippen molar-refractivity contribution in [3.63, 3.8) is 0 Å². The number of carbonyl (C=O) groups is 2. The smallest absolute Gasteiger partial charge is 0.319 e. The Morgan fingerprint density at radius 2 is 1.83 bits per heavy atom. The summed E-state index contributed by atoms with van der Waals surface area (Å²) in [5.74, 6) is -0.339. The highest BCUT2D eigenvalue weighted by Gasteiger charge is 2.28. The van der Waals surface area contributed by atoms with Gasteiger partial charge in [0.1, 0.15) is 0 Å². The third-order valence-corrected chi connectivity index (χ3v) is 5.25. The van der Waals surface area contributed by atoms with Gasteiger partial charge in [-0.3, -0.25) is 4.79 Å². The van der Waals surface area contributed by atoms with Gasteiger partial charge in [0.05, 0.1) is 18.1 Å². The summed E-state index contributed by atoms with van der Waals surface area (Å²) < 4.78 is 22.6. The zero-order valence-corrected chi connectivity index (χ0v) is 14.0. The van der Waals surface area contributed by atoms with Gasteiger partial charge < -0.3 is 16.0 Å². The van der Waals surface area contributed by atoms with Gasteiger partial charge in [-0.1, -0.05) is 6.07 Å². The molecule has 1 fully saturated rings. The summed E-state index contributed by atoms with van der Waals surface area (Å²) in [4.78, 5) is 23.5. The molecule has 0 spiro atoms. The molecular formula is C15H21N3O4S. The summed E-state index contributed by atoms with van der Waals surface area (Å²) >= 11 is 0. The molecule has 126 valence electrons. The zero-order valence-electron chi connectivity index (χ0n) is 13.2. The summed E-state index contributed by atoms with van der Waals surface area (Å²) in [5, 5.41) is 7.72. The van der Waals surface area contributed by atoms with Crippen LogP contribution in [0.3, 0.4) is 0 Å². The third kappa shape index (κ3) is 5.55. The normalized spacial score (nSPS) is 19.1. The maximum Gasteiger partial charge on any atom is 0.319 e. The van der Waals surface area contributed by atoms with Crippen LogP contribution in [0.4, 0.5) is 10.5 Å². The molecule has 0 aliphatic carbocycles. The molecule has 1 saturated heterocycles. The van der Waals surface area contributed by atoms with Crippen molar-refractivity contribution in [1.29, 1.82) is 0 Å². The Bertz CT molecular complexity index is 695. The number of hydrogen-bond donors (Lipinski definition) is 3. The Balaban J connectivity index is 1.76. The van der Waals surface area contributed by atoms with Crippen LogP contribution in [-0.2, 0) is 14.6 Å². The lowest BCUT2D eigenvalue weighted by molar-refractivity contribution is -0.120. The molecule has 1 aliphatic rings. The summed E-state index contributed by atoms with van der Waals surface area (Å²) in [5.41, 5.74) is 2.71. The van der Waals surface area contributed by atoms with Gasteiger partial charge >= 0.3 is 6.03 Å². The van der Waals surface area contributed by atoms with Gasteiger partial charge in [0.2, 0.25) is 5.91 Å². The average molecular weight is 339 g/mol. The van der Waals surface area contributed by atoms with E-state index in [1.54, 1.807) is 0 Å². The molecule has 1 aromatic rings. The molecule has 0 aromatic heterocycles. The summed E-state index contributed by atoms with van der Waals surface area (Å²) in [6.45, 7) is 3.66. The zero-order chi connectivity index (χ0) is 17.0. The van der Waals surface area contributed by atoms with Gasteiger partial charge in [0.15, 0.2) is 9.84 Å². The van der Waals surface area contributed by atoms with E-state index in [-0.39, 0.29) is 24.1 Å². The highest BCUT2D eigenvalue weighted by Crippen LogP contribution is 2.13. The van der Waals surface area contributed by atoms with Crippen molar-refractivity contribution in [3.8, 4) is 0 Å². The predicted octanol–water partition coefficient (Wildman–Crippen LogP) is 0.728. The van der Waals surface area contributed by atoms with Crippen molar-refractivity contribution in [2.75, 3.05) is 23.4 Å². The van der Waals surface area contributed by atoms with Crippen LogP contribution in [0, 0.1) is 13.8 Å². The lowest BCUT2D eigenvalue weighted by Gasteiger charge is -2.12. The SMILES string of the molecule is Cc1cc(C)cc(NC(=O)NCC(=O)N[C@@H]2CCS(=O)(=O)C2)c1. The number of anilines is 1. The Morgan fingerprint density at radius 1 is 1.17 bits per heavy atom. The van der Waals surface area contributed by atoms with Gasteiger partial charge in [-0.25, -0.2) is 13.2 Å². The molecule has 1 aromatic carbocycles. The number of benzene rings is 1. The second-order valence-corrected chi connectivity index (χ2v) is 8.08. The monoisotopic (exact) mass is 339 g/mol. The van der Waals surface area contributed by atoms with Crippen LogP contribution in [-0.4, -0.2) is 44.4 Å². The molecule has 8 heteroatoms. The summed E-state index contributed by atoms with van der Waals surface area (Å²) in [7, 11) is -3.04. The van der Waals surface area contributed by atoms with Gasteiger partial charge in [0.25, 0.3) is 0 Å². The van der Waals surface area contributed by atoms with E-state index >= 15 is 0 Å². The molecule has 0 bridgehead atoms. The van der Waals surface area contributed by atoms with E-state index in [4.69, 9.17) is 0 Å². The topological polar surface area (TPSA) is 104 Å². The Hall–Kier alpha value is -2.09.